The summed E-state index contributed by atoms with van der Waals surface area (Å²) in [5.74, 6) is -1.33. The van der Waals surface area contributed by atoms with Crippen LogP contribution in [0.1, 0.15) is 21.7 Å². The Morgan fingerprint density at radius 2 is 1.74 bits per heavy atom. The van der Waals surface area contributed by atoms with Gasteiger partial charge in [-0.05, 0) is 42.8 Å². The molecule has 5 nitrogen and oxygen atoms in total. The molecule has 0 radical (unpaired) electrons. The summed E-state index contributed by atoms with van der Waals surface area (Å²) >= 11 is 0. The molecule has 0 aliphatic heterocycles. The highest BCUT2D eigenvalue weighted by Gasteiger charge is 2.12. The number of carbonyl (C=O) groups is 2. The Balaban J connectivity index is 1.70. The van der Waals surface area contributed by atoms with Crippen molar-refractivity contribution in [2.24, 2.45) is 0 Å². The number of amides is 2. The Morgan fingerprint density at radius 3 is 2.48 bits per heavy atom. The Hall–Kier alpha value is -3.54. The predicted octanol–water partition coefficient (Wildman–Crippen LogP) is 3.96. The molecule has 6 heteroatoms. The van der Waals surface area contributed by atoms with Gasteiger partial charge in [0.25, 0.3) is 5.91 Å². The van der Waals surface area contributed by atoms with Gasteiger partial charge in [-0.1, -0.05) is 36.4 Å². The third-order valence-corrected chi connectivity index (χ3v) is 3.83. The van der Waals surface area contributed by atoms with E-state index in [9.17, 15) is 14.0 Å². The van der Waals surface area contributed by atoms with E-state index < -0.39 is 11.7 Å². The molecule has 2 N–H and O–H groups in total. The first-order valence-electron chi connectivity index (χ1n) is 8.39. The number of anilines is 2. The van der Waals surface area contributed by atoms with Gasteiger partial charge in [-0.3, -0.25) is 9.59 Å². The fourth-order valence-electron chi connectivity index (χ4n) is 2.54. The maximum atomic E-state index is 14.0. The highest BCUT2D eigenvalue weighted by molar-refractivity contribution is 6.03. The molecular formula is C21H18FN3O2. The van der Waals surface area contributed by atoms with E-state index in [0.717, 1.165) is 11.3 Å². The number of aromatic nitrogens is 1. The third kappa shape index (κ3) is 4.98. The topological polar surface area (TPSA) is 71.1 Å². The molecule has 1 heterocycles. The average Bonchev–Trinajstić information content (AvgIpc) is 2.65. The number of carbonyl (C=O) groups excluding carboxylic acids is 2. The zero-order valence-electron chi connectivity index (χ0n) is 14.7. The lowest BCUT2D eigenvalue weighted by Crippen LogP contribution is -2.17. The van der Waals surface area contributed by atoms with Gasteiger partial charge in [-0.2, -0.15) is 0 Å². The van der Waals surface area contributed by atoms with E-state index in [2.05, 4.69) is 15.6 Å². The molecule has 136 valence electrons. The lowest BCUT2D eigenvalue weighted by molar-refractivity contribution is -0.115. The monoisotopic (exact) mass is 363 g/mol. The minimum absolute atomic E-state index is 0.00549. The van der Waals surface area contributed by atoms with Gasteiger partial charge in [0, 0.05) is 11.4 Å². The summed E-state index contributed by atoms with van der Waals surface area (Å²) in [6.07, 6.45) is 0.129. The zero-order valence-corrected chi connectivity index (χ0v) is 14.7. The van der Waals surface area contributed by atoms with E-state index in [1.165, 1.54) is 18.2 Å². The molecule has 3 aromatic rings. The van der Waals surface area contributed by atoms with Crippen LogP contribution in [0.5, 0.6) is 0 Å². The van der Waals surface area contributed by atoms with Crippen molar-refractivity contribution in [3.05, 3.63) is 89.5 Å². The highest BCUT2D eigenvalue weighted by Crippen LogP contribution is 2.20. The maximum absolute atomic E-state index is 14.0. The second-order valence-electron chi connectivity index (χ2n) is 6.02. The zero-order chi connectivity index (χ0) is 19.2. The minimum atomic E-state index is -0.580. The van der Waals surface area contributed by atoms with E-state index >= 15 is 0 Å². The van der Waals surface area contributed by atoms with Crippen molar-refractivity contribution in [2.45, 2.75) is 13.3 Å². The number of hydrogen-bond acceptors (Lipinski definition) is 3. The molecule has 0 aliphatic rings. The molecule has 0 spiro atoms. The molecule has 0 atom stereocenters. The van der Waals surface area contributed by atoms with Gasteiger partial charge in [0.15, 0.2) is 0 Å². The van der Waals surface area contributed by atoms with Crippen molar-refractivity contribution in [3.8, 4) is 0 Å². The second kappa shape index (κ2) is 8.23. The quantitative estimate of drug-likeness (QED) is 0.721. The van der Waals surface area contributed by atoms with Gasteiger partial charge in [-0.15, -0.1) is 0 Å². The fourth-order valence-corrected chi connectivity index (χ4v) is 2.54. The normalized spacial score (nSPS) is 10.3. The summed E-state index contributed by atoms with van der Waals surface area (Å²) in [5.41, 5.74) is 2.17. The van der Waals surface area contributed by atoms with Crippen molar-refractivity contribution in [1.29, 1.82) is 0 Å². The van der Waals surface area contributed by atoms with Crippen LogP contribution < -0.4 is 10.6 Å². The summed E-state index contributed by atoms with van der Waals surface area (Å²) in [7, 11) is 0. The van der Waals surface area contributed by atoms with Crippen LogP contribution in [0, 0.1) is 12.7 Å². The molecule has 1 aromatic heterocycles. The number of aryl methyl sites for hydroxylation is 1. The standard InChI is InChI=1S/C21H18FN3O2/c1-14-6-5-9-18(23-14)21(27)24-16-10-11-17(22)19(13-16)25-20(26)12-15-7-3-2-4-8-15/h2-11,13H,12H2,1H3,(H,24,27)(H,25,26). The lowest BCUT2D eigenvalue weighted by Gasteiger charge is -2.10. The van der Waals surface area contributed by atoms with Gasteiger partial charge in [0.1, 0.15) is 11.5 Å². The van der Waals surface area contributed by atoms with Crippen molar-refractivity contribution in [1.82, 2.24) is 4.98 Å². The third-order valence-electron chi connectivity index (χ3n) is 3.83. The maximum Gasteiger partial charge on any atom is 0.274 e. The van der Waals surface area contributed by atoms with E-state index in [1.807, 2.05) is 30.3 Å². The molecule has 0 saturated carbocycles. The van der Waals surface area contributed by atoms with Gasteiger partial charge in [-0.25, -0.2) is 9.37 Å². The molecular weight excluding hydrogens is 345 g/mol. The van der Waals surface area contributed by atoms with Crippen molar-refractivity contribution in [2.75, 3.05) is 10.6 Å². The van der Waals surface area contributed by atoms with E-state index in [4.69, 9.17) is 0 Å². The van der Waals surface area contributed by atoms with Crippen LogP contribution in [0.15, 0.2) is 66.7 Å². The number of hydrogen-bond donors (Lipinski definition) is 2. The number of rotatable bonds is 5. The van der Waals surface area contributed by atoms with Crippen LogP contribution in [0.4, 0.5) is 15.8 Å². The van der Waals surface area contributed by atoms with Crippen molar-refractivity contribution < 1.29 is 14.0 Å². The molecule has 0 saturated heterocycles. The number of halogens is 1. The molecule has 2 aromatic carbocycles. The number of pyridine rings is 1. The number of benzene rings is 2. The second-order valence-corrected chi connectivity index (χ2v) is 6.02. The van der Waals surface area contributed by atoms with Gasteiger partial charge >= 0.3 is 0 Å². The first-order valence-corrected chi connectivity index (χ1v) is 8.39. The Kier molecular flexibility index (Phi) is 5.56. The molecule has 27 heavy (non-hydrogen) atoms. The summed E-state index contributed by atoms with van der Waals surface area (Å²) in [6, 6.07) is 18.3. The Bertz CT molecular complexity index is 974. The summed E-state index contributed by atoms with van der Waals surface area (Å²) in [4.78, 5) is 28.6. The van der Waals surface area contributed by atoms with Gasteiger partial charge < -0.3 is 10.6 Å². The van der Waals surface area contributed by atoms with Crippen LogP contribution in [0.2, 0.25) is 0 Å². The smallest absolute Gasteiger partial charge is 0.274 e. The van der Waals surface area contributed by atoms with E-state index in [0.29, 0.717) is 5.69 Å². The molecule has 2 amide bonds. The van der Waals surface area contributed by atoms with Crippen LogP contribution in [-0.4, -0.2) is 16.8 Å². The average molecular weight is 363 g/mol. The molecule has 0 bridgehead atoms. The fraction of sp³-hybridized carbons (Fsp3) is 0.0952. The minimum Gasteiger partial charge on any atom is -0.323 e. The summed E-state index contributed by atoms with van der Waals surface area (Å²) in [6.45, 7) is 1.79. The largest absolute Gasteiger partial charge is 0.323 e. The van der Waals surface area contributed by atoms with Gasteiger partial charge in [0.05, 0.1) is 12.1 Å². The van der Waals surface area contributed by atoms with E-state index in [1.54, 1.807) is 25.1 Å². The Labute approximate surface area is 156 Å². The van der Waals surface area contributed by atoms with Crippen molar-refractivity contribution in [3.63, 3.8) is 0 Å². The molecule has 0 unspecified atom stereocenters. The van der Waals surface area contributed by atoms with Crippen molar-refractivity contribution >= 4 is 23.2 Å². The molecule has 3 rings (SSSR count). The van der Waals surface area contributed by atoms with Crippen LogP contribution in [0.3, 0.4) is 0 Å². The first kappa shape index (κ1) is 18.3. The van der Waals surface area contributed by atoms with Crippen LogP contribution in [-0.2, 0) is 11.2 Å². The summed E-state index contributed by atoms with van der Waals surface area (Å²) < 4.78 is 14.0. The summed E-state index contributed by atoms with van der Waals surface area (Å²) in [5, 5.41) is 5.20. The Morgan fingerprint density at radius 1 is 0.963 bits per heavy atom. The highest BCUT2D eigenvalue weighted by atomic mass is 19.1. The first-order chi connectivity index (χ1) is 13.0. The number of nitrogens with one attached hydrogen (secondary N) is 2. The van der Waals surface area contributed by atoms with E-state index in [-0.39, 0.29) is 23.7 Å². The number of nitrogens with zero attached hydrogens (tertiary/aromatic N) is 1. The molecule has 0 fully saturated rings. The molecule has 0 aliphatic carbocycles. The van der Waals surface area contributed by atoms with Gasteiger partial charge in [0.2, 0.25) is 5.91 Å². The van der Waals surface area contributed by atoms with Crippen LogP contribution in [0.25, 0.3) is 0 Å². The lowest BCUT2D eigenvalue weighted by atomic mass is 10.1. The SMILES string of the molecule is Cc1cccc(C(=O)Nc2ccc(F)c(NC(=O)Cc3ccccc3)c2)n1. The predicted molar refractivity (Wildman–Crippen MR) is 102 cm³/mol. The van der Waals surface area contributed by atoms with Crippen LogP contribution >= 0.6 is 0 Å².